The summed E-state index contributed by atoms with van der Waals surface area (Å²) in [6.07, 6.45) is -0.508. The minimum absolute atomic E-state index is 0.00553. The van der Waals surface area contributed by atoms with Crippen molar-refractivity contribution in [1.82, 2.24) is 5.32 Å². The van der Waals surface area contributed by atoms with Crippen molar-refractivity contribution in [3.63, 3.8) is 0 Å². The number of amides is 2. The number of aliphatic hydroxyl groups is 1. The van der Waals surface area contributed by atoms with Crippen molar-refractivity contribution in [2.24, 2.45) is 0 Å². The third kappa shape index (κ3) is 5.23. The Bertz CT molecular complexity index is 517. The predicted molar refractivity (Wildman–Crippen MR) is 71.0 cm³/mol. The van der Waals surface area contributed by atoms with Crippen LogP contribution >= 0.6 is 0 Å². The number of carboxylic acids is 1. The molecule has 0 aliphatic heterocycles. The van der Waals surface area contributed by atoms with Crippen molar-refractivity contribution in [1.29, 1.82) is 0 Å². The number of carbonyl (C=O) groups excluding carboxylic acids is 1. The molecule has 0 saturated heterocycles. The van der Waals surface area contributed by atoms with Gasteiger partial charge in [0.25, 0.3) is 0 Å². The molecule has 0 heterocycles. The Morgan fingerprint density at radius 3 is 2.60 bits per heavy atom. The van der Waals surface area contributed by atoms with E-state index in [9.17, 15) is 19.1 Å². The molecule has 0 aliphatic carbocycles. The molecule has 1 unspecified atom stereocenters. The zero-order valence-corrected chi connectivity index (χ0v) is 11.2. The number of halogens is 1. The third-order valence-electron chi connectivity index (χ3n) is 2.53. The number of carbonyl (C=O) groups is 2. The van der Waals surface area contributed by atoms with Crippen LogP contribution in [-0.4, -0.2) is 34.4 Å². The Balaban J connectivity index is 2.54. The Morgan fingerprint density at radius 1 is 1.40 bits per heavy atom. The number of urea groups is 1. The molecule has 4 N–H and O–H groups in total. The fourth-order valence-electron chi connectivity index (χ4n) is 1.55. The van der Waals surface area contributed by atoms with Crippen LogP contribution in [0, 0.1) is 12.7 Å². The summed E-state index contributed by atoms with van der Waals surface area (Å²) in [4.78, 5) is 22.0. The second kappa shape index (κ2) is 6.33. The molecule has 7 heteroatoms. The number of carboxylic acid groups (broad SMARTS) is 1. The zero-order chi connectivity index (χ0) is 15.3. The van der Waals surface area contributed by atoms with Gasteiger partial charge in [-0.05, 0) is 31.5 Å². The van der Waals surface area contributed by atoms with Gasteiger partial charge >= 0.3 is 12.0 Å². The molecule has 0 fully saturated rings. The van der Waals surface area contributed by atoms with Gasteiger partial charge in [0, 0.05) is 6.54 Å². The molecule has 0 saturated carbocycles. The van der Waals surface area contributed by atoms with Crippen molar-refractivity contribution in [2.45, 2.75) is 25.9 Å². The Morgan fingerprint density at radius 2 is 2.05 bits per heavy atom. The highest BCUT2D eigenvalue weighted by Gasteiger charge is 2.24. The number of rotatable bonds is 5. The molecule has 0 aromatic heterocycles. The fourth-order valence-corrected chi connectivity index (χ4v) is 1.55. The molecule has 1 aromatic carbocycles. The van der Waals surface area contributed by atoms with Crippen LogP contribution in [0.1, 0.15) is 18.9 Å². The van der Waals surface area contributed by atoms with E-state index in [1.165, 1.54) is 19.1 Å². The lowest BCUT2D eigenvalue weighted by Crippen LogP contribution is -2.43. The second-order valence-electron chi connectivity index (χ2n) is 4.86. The molecule has 0 radical (unpaired) electrons. The van der Waals surface area contributed by atoms with Crippen LogP contribution in [0.3, 0.4) is 0 Å². The monoisotopic (exact) mass is 284 g/mol. The van der Waals surface area contributed by atoms with Crippen molar-refractivity contribution in [3.05, 3.63) is 29.6 Å². The molecule has 0 aliphatic rings. The van der Waals surface area contributed by atoms with Crippen molar-refractivity contribution >= 4 is 17.7 Å². The first-order valence-electron chi connectivity index (χ1n) is 5.95. The maximum atomic E-state index is 13.5. The topological polar surface area (TPSA) is 98.7 Å². The van der Waals surface area contributed by atoms with Gasteiger partial charge in [0.1, 0.15) is 5.82 Å². The van der Waals surface area contributed by atoms with E-state index in [1.54, 1.807) is 13.0 Å². The fraction of sp³-hybridized carbons (Fsp3) is 0.385. The van der Waals surface area contributed by atoms with Crippen LogP contribution in [-0.2, 0) is 4.79 Å². The summed E-state index contributed by atoms with van der Waals surface area (Å²) in [6.45, 7) is 2.74. The van der Waals surface area contributed by atoms with Gasteiger partial charge in [-0.2, -0.15) is 0 Å². The highest BCUT2D eigenvalue weighted by atomic mass is 19.1. The number of aryl methyl sites for hydroxylation is 1. The molecule has 0 spiro atoms. The first-order chi connectivity index (χ1) is 9.19. The van der Waals surface area contributed by atoms with E-state index in [2.05, 4.69) is 10.6 Å². The van der Waals surface area contributed by atoms with Crippen LogP contribution in [0.25, 0.3) is 0 Å². The van der Waals surface area contributed by atoms with Crippen LogP contribution in [0.15, 0.2) is 18.2 Å². The summed E-state index contributed by atoms with van der Waals surface area (Å²) in [5.41, 5.74) is -0.849. The predicted octanol–water partition coefficient (Wildman–Crippen LogP) is 1.48. The van der Waals surface area contributed by atoms with Gasteiger partial charge in [0.05, 0.1) is 17.7 Å². The first-order valence-corrected chi connectivity index (χ1v) is 5.95. The van der Waals surface area contributed by atoms with Crippen LogP contribution < -0.4 is 10.6 Å². The molecular weight excluding hydrogens is 267 g/mol. The Labute approximate surface area is 115 Å². The average Bonchev–Trinajstić information content (AvgIpc) is 2.29. The van der Waals surface area contributed by atoms with Crippen LogP contribution in [0.4, 0.5) is 14.9 Å². The maximum Gasteiger partial charge on any atom is 0.319 e. The van der Waals surface area contributed by atoms with Crippen molar-refractivity contribution in [3.8, 4) is 0 Å². The molecular formula is C13H17FN2O4. The highest BCUT2D eigenvalue weighted by molar-refractivity contribution is 5.89. The molecule has 1 rings (SSSR count). The second-order valence-corrected chi connectivity index (χ2v) is 4.86. The van der Waals surface area contributed by atoms with E-state index in [-0.39, 0.29) is 12.2 Å². The van der Waals surface area contributed by atoms with Gasteiger partial charge in [-0.25, -0.2) is 9.18 Å². The summed E-state index contributed by atoms with van der Waals surface area (Å²) in [7, 11) is 0. The Hall–Kier alpha value is -2.15. The largest absolute Gasteiger partial charge is 0.481 e. The van der Waals surface area contributed by atoms with E-state index in [0.29, 0.717) is 0 Å². The normalized spacial score (nSPS) is 13.4. The zero-order valence-electron chi connectivity index (χ0n) is 11.2. The van der Waals surface area contributed by atoms with E-state index < -0.39 is 29.8 Å². The summed E-state index contributed by atoms with van der Waals surface area (Å²) in [5.74, 6) is -1.75. The van der Waals surface area contributed by atoms with Gasteiger partial charge in [-0.15, -0.1) is 0 Å². The van der Waals surface area contributed by atoms with Gasteiger partial charge in [0.15, 0.2) is 0 Å². The van der Waals surface area contributed by atoms with E-state index in [1.807, 2.05) is 0 Å². The number of anilines is 1. The Kier molecular flexibility index (Phi) is 5.04. The van der Waals surface area contributed by atoms with Gasteiger partial charge < -0.3 is 20.8 Å². The van der Waals surface area contributed by atoms with Crippen LogP contribution in [0.2, 0.25) is 0 Å². The smallest absolute Gasteiger partial charge is 0.319 e. The lowest BCUT2D eigenvalue weighted by Gasteiger charge is -2.21. The van der Waals surface area contributed by atoms with Gasteiger partial charge in [0.2, 0.25) is 0 Å². The molecule has 6 nitrogen and oxygen atoms in total. The van der Waals surface area contributed by atoms with E-state index >= 15 is 0 Å². The molecule has 20 heavy (non-hydrogen) atoms. The number of benzene rings is 1. The number of hydrogen-bond acceptors (Lipinski definition) is 3. The first kappa shape index (κ1) is 15.9. The molecule has 1 atom stereocenters. The quantitative estimate of drug-likeness (QED) is 0.658. The summed E-state index contributed by atoms with van der Waals surface area (Å²) in [6, 6.07) is 3.60. The standard InChI is InChI=1S/C13H17FN2O4/c1-8-3-4-10(9(14)5-8)16-12(19)15-7-13(2,20)6-11(17)18/h3-5,20H,6-7H2,1-2H3,(H,17,18)(H2,15,16,19). The third-order valence-corrected chi connectivity index (χ3v) is 2.53. The average molecular weight is 284 g/mol. The summed E-state index contributed by atoms with van der Waals surface area (Å²) in [5, 5.41) is 22.8. The van der Waals surface area contributed by atoms with Crippen LogP contribution in [0.5, 0.6) is 0 Å². The minimum Gasteiger partial charge on any atom is -0.481 e. The lowest BCUT2D eigenvalue weighted by molar-refractivity contribution is -0.141. The molecule has 0 bridgehead atoms. The van der Waals surface area contributed by atoms with Gasteiger partial charge in [-0.3, -0.25) is 4.79 Å². The van der Waals surface area contributed by atoms with Crippen molar-refractivity contribution in [2.75, 3.05) is 11.9 Å². The van der Waals surface area contributed by atoms with E-state index in [0.717, 1.165) is 5.56 Å². The number of hydrogen-bond donors (Lipinski definition) is 4. The molecule has 2 amide bonds. The molecule has 1 aromatic rings. The lowest BCUT2D eigenvalue weighted by atomic mass is 10.0. The number of aliphatic carboxylic acids is 1. The summed E-state index contributed by atoms with van der Waals surface area (Å²) >= 11 is 0. The van der Waals surface area contributed by atoms with Gasteiger partial charge in [-0.1, -0.05) is 6.07 Å². The minimum atomic E-state index is -1.57. The van der Waals surface area contributed by atoms with E-state index in [4.69, 9.17) is 5.11 Å². The SMILES string of the molecule is Cc1ccc(NC(=O)NCC(C)(O)CC(=O)O)c(F)c1. The highest BCUT2D eigenvalue weighted by Crippen LogP contribution is 2.15. The maximum absolute atomic E-state index is 13.5. The molecule has 110 valence electrons. The number of nitrogens with one attached hydrogen (secondary N) is 2. The van der Waals surface area contributed by atoms with Crippen molar-refractivity contribution < 1.29 is 24.2 Å². The summed E-state index contributed by atoms with van der Waals surface area (Å²) < 4.78 is 13.5.